The van der Waals surface area contributed by atoms with E-state index in [1.54, 1.807) is 0 Å². The summed E-state index contributed by atoms with van der Waals surface area (Å²) < 4.78 is 0. The minimum Gasteiger partial charge on any atom is -0.370 e. The highest BCUT2D eigenvalue weighted by molar-refractivity contribution is 14.0. The van der Waals surface area contributed by atoms with Crippen molar-refractivity contribution in [1.82, 2.24) is 10.6 Å². The zero-order chi connectivity index (χ0) is 11.8. The predicted octanol–water partition coefficient (Wildman–Crippen LogP) is 0.977. The van der Waals surface area contributed by atoms with Gasteiger partial charge in [0.15, 0.2) is 5.96 Å². The van der Waals surface area contributed by atoms with Crippen molar-refractivity contribution in [3.63, 3.8) is 0 Å². The van der Waals surface area contributed by atoms with Crippen LogP contribution in [0.1, 0.15) is 39.0 Å². The van der Waals surface area contributed by atoms with Crippen LogP contribution >= 0.6 is 24.0 Å². The minimum atomic E-state index is 0. The molecule has 6 heteroatoms. The van der Waals surface area contributed by atoms with Crippen LogP contribution in [0.3, 0.4) is 0 Å². The first-order valence-electron chi connectivity index (χ1n) is 6.05. The van der Waals surface area contributed by atoms with E-state index in [1.807, 2.05) is 0 Å². The third-order valence-electron chi connectivity index (χ3n) is 2.33. The molecular formula is C11H23IN4O. The molecule has 100 valence electrons. The van der Waals surface area contributed by atoms with Crippen molar-refractivity contribution in [2.24, 2.45) is 10.7 Å². The summed E-state index contributed by atoms with van der Waals surface area (Å²) in [6.45, 7) is 3.51. The number of rotatable bonds is 7. The Hall–Kier alpha value is -0.530. The SMILES string of the molecule is CCCN=C(N)NCCCC(=O)NC1CC1.I. The number of guanidine groups is 1. The summed E-state index contributed by atoms with van der Waals surface area (Å²) in [7, 11) is 0. The number of carbonyl (C=O) groups excluding carboxylic acids is 1. The summed E-state index contributed by atoms with van der Waals surface area (Å²) >= 11 is 0. The number of nitrogens with zero attached hydrogens (tertiary/aromatic N) is 1. The topological polar surface area (TPSA) is 79.5 Å². The van der Waals surface area contributed by atoms with Gasteiger partial charge in [0.2, 0.25) is 5.91 Å². The Morgan fingerprint density at radius 2 is 2.18 bits per heavy atom. The molecule has 1 aliphatic rings. The molecule has 0 spiro atoms. The average molecular weight is 354 g/mol. The molecule has 0 aliphatic heterocycles. The van der Waals surface area contributed by atoms with Gasteiger partial charge in [-0.05, 0) is 25.7 Å². The quantitative estimate of drug-likeness (QED) is 0.276. The lowest BCUT2D eigenvalue weighted by Crippen LogP contribution is -2.33. The van der Waals surface area contributed by atoms with Gasteiger partial charge < -0.3 is 16.4 Å². The standard InChI is InChI=1S/C11H22N4O.HI/c1-2-7-13-11(12)14-8-3-4-10(16)15-9-5-6-9;/h9H,2-8H2,1H3,(H,15,16)(H3,12,13,14);1H. The molecule has 1 aliphatic carbocycles. The Bertz CT molecular complexity index is 254. The number of carbonyl (C=O) groups is 1. The first-order valence-corrected chi connectivity index (χ1v) is 6.05. The fraction of sp³-hybridized carbons (Fsp3) is 0.818. The van der Waals surface area contributed by atoms with Crippen LogP contribution in [0.4, 0.5) is 0 Å². The molecule has 1 saturated carbocycles. The van der Waals surface area contributed by atoms with Gasteiger partial charge in [-0.15, -0.1) is 24.0 Å². The highest BCUT2D eigenvalue weighted by Crippen LogP contribution is 2.18. The second kappa shape index (κ2) is 9.49. The maximum absolute atomic E-state index is 11.3. The lowest BCUT2D eigenvalue weighted by Gasteiger charge is -2.05. The second-order valence-electron chi connectivity index (χ2n) is 4.14. The van der Waals surface area contributed by atoms with Gasteiger partial charge in [0.1, 0.15) is 0 Å². The summed E-state index contributed by atoms with van der Waals surface area (Å²) in [4.78, 5) is 15.4. The summed E-state index contributed by atoms with van der Waals surface area (Å²) in [5.74, 6) is 0.623. The van der Waals surface area contributed by atoms with Gasteiger partial charge >= 0.3 is 0 Å². The number of hydrogen-bond acceptors (Lipinski definition) is 2. The van der Waals surface area contributed by atoms with E-state index in [1.165, 1.54) is 0 Å². The lowest BCUT2D eigenvalue weighted by molar-refractivity contribution is -0.121. The van der Waals surface area contributed by atoms with Crippen molar-refractivity contribution in [3.8, 4) is 0 Å². The average Bonchev–Trinajstić information content (AvgIpc) is 3.05. The monoisotopic (exact) mass is 354 g/mol. The van der Waals surface area contributed by atoms with Crippen molar-refractivity contribution in [1.29, 1.82) is 0 Å². The molecule has 0 aromatic rings. The van der Waals surface area contributed by atoms with Crippen LogP contribution in [0.25, 0.3) is 0 Å². The van der Waals surface area contributed by atoms with Crippen molar-refractivity contribution in [2.45, 2.75) is 45.1 Å². The first kappa shape index (κ1) is 16.5. The van der Waals surface area contributed by atoms with Crippen molar-refractivity contribution < 1.29 is 4.79 Å². The summed E-state index contributed by atoms with van der Waals surface area (Å²) in [5.41, 5.74) is 5.61. The molecule has 1 fully saturated rings. The van der Waals surface area contributed by atoms with Gasteiger partial charge in [-0.1, -0.05) is 6.92 Å². The Balaban J connectivity index is 0.00000256. The molecular weight excluding hydrogens is 331 g/mol. The maximum atomic E-state index is 11.3. The van der Waals surface area contributed by atoms with Gasteiger partial charge in [-0.3, -0.25) is 9.79 Å². The third-order valence-corrected chi connectivity index (χ3v) is 2.33. The predicted molar refractivity (Wildman–Crippen MR) is 80.6 cm³/mol. The summed E-state index contributed by atoms with van der Waals surface area (Å²) in [6, 6.07) is 0.455. The molecule has 0 saturated heterocycles. The van der Waals surface area contributed by atoms with Crippen LogP contribution < -0.4 is 16.4 Å². The van der Waals surface area contributed by atoms with E-state index >= 15 is 0 Å². The van der Waals surface area contributed by atoms with Crippen molar-refractivity contribution >= 4 is 35.8 Å². The first-order chi connectivity index (χ1) is 7.72. The summed E-state index contributed by atoms with van der Waals surface area (Å²) in [6.07, 6.45) is 4.62. The number of aliphatic imine (C=N–C) groups is 1. The van der Waals surface area contributed by atoms with Gasteiger partial charge in [0, 0.05) is 25.6 Å². The maximum Gasteiger partial charge on any atom is 0.220 e. The van der Waals surface area contributed by atoms with Crippen LogP contribution in [-0.4, -0.2) is 31.0 Å². The van der Waals surface area contributed by atoms with Crippen molar-refractivity contribution in [2.75, 3.05) is 13.1 Å². The summed E-state index contributed by atoms with van der Waals surface area (Å²) in [5, 5.41) is 5.94. The zero-order valence-electron chi connectivity index (χ0n) is 10.4. The van der Waals surface area contributed by atoms with E-state index in [-0.39, 0.29) is 29.9 Å². The number of hydrogen-bond donors (Lipinski definition) is 3. The molecule has 0 aromatic heterocycles. The normalized spacial score (nSPS) is 15.0. The van der Waals surface area contributed by atoms with Gasteiger partial charge in [-0.25, -0.2) is 0 Å². The van der Waals surface area contributed by atoms with Crippen LogP contribution in [0, 0.1) is 0 Å². The number of amides is 1. The van der Waals surface area contributed by atoms with E-state index < -0.39 is 0 Å². The zero-order valence-corrected chi connectivity index (χ0v) is 12.7. The molecule has 5 nitrogen and oxygen atoms in total. The van der Waals surface area contributed by atoms with Crippen LogP contribution in [0.15, 0.2) is 4.99 Å². The molecule has 4 N–H and O–H groups in total. The molecule has 1 amide bonds. The van der Waals surface area contributed by atoms with E-state index in [0.29, 0.717) is 25.0 Å². The Labute approximate surface area is 120 Å². The molecule has 0 heterocycles. The molecule has 0 atom stereocenters. The molecule has 0 aromatic carbocycles. The third kappa shape index (κ3) is 9.20. The lowest BCUT2D eigenvalue weighted by atomic mass is 10.3. The minimum absolute atomic E-state index is 0. The van der Waals surface area contributed by atoms with Gasteiger partial charge in [-0.2, -0.15) is 0 Å². The van der Waals surface area contributed by atoms with E-state index in [4.69, 9.17) is 5.73 Å². The van der Waals surface area contributed by atoms with E-state index in [9.17, 15) is 4.79 Å². The van der Waals surface area contributed by atoms with Crippen molar-refractivity contribution in [3.05, 3.63) is 0 Å². The van der Waals surface area contributed by atoms with Crippen LogP contribution in [0.5, 0.6) is 0 Å². The second-order valence-corrected chi connectivity index (χ2v) is 4.14. The van der Waals surface area contributed by atoms with Crippen LogP contribution in [-0.2, 0) is 4.79 Å². The number of halogens is 1. The van der Waals surface area contributed by atoms with Gasteiger partial charge in [0.05, 0.1) is 0 Å². The molecule has 0 radical (unpaired) electrons. The fourth-order valence-electron chi connectivity index (χ4n) is 1.28. The van der Waals surface area contributed by atoms with Gasteiger partial charge in [0.25, 0.3) is 0 Å². The Morgan fingerprint density at radius 1 is 1.47 bits per heavy atom. The number of nitrogens with one attached hydrogen (secondary N) is 2. The van der Waals surface area contributed by atoms with Crippen LogP contribution in [0.2, 0.25) is 0 Å². The Morgan fingerprint density at radius 3 is 2.76 bits per heavy atom. The highest BCUT2D eigenvalue weighted by atomic mass is 127. The molecule has 1 rings (SSSR count). The largest absolute Gasteiger partial charge is 0.370 e. The smallest absolute Gasteiger partial charge is 0.220 e. The fourth-order valence-corrected chi connectivity index (χ4v) is 1.28. The Kier molecular flexibility index (Phi) is 9.20. The highest BCUT2D eigenvalue weighted by Gasteiger charge is 2.22. The molecule has 0 unspecified atom stereocenters. The van der Waals surface area contributed by atoms with E-state index in [2.05, 4.69) is 22.5 Å². The molecule has 0 bridgehead atoms. The molecule has 17 heavy (non-hydrogen) atoms. The number of nitrogens with two attached hydrogens (primary N) is 1. The van der Waals surface area contributed by atoms with E-state index in [0.717, 1.165) is 32.2 Å².